The third kappa shape index (κ3) is 4.59. The average molecular weight is 383 g/mol. The zero-order valence-corrected chi connectivity index (χ0v) is 15.9. The molecule has 2 aromatic carbocycles. The maximum Gasteiger partial charge on any atom is 0.227 e. The van der Waals surface area contributed by atoms with Crippen molar-refractivity contribution < 1.29 is 23.5 Å². The lowest BCUT2D eigenvalue weighted by molar-refractivity contribution is -0.116. The highest BCUT2D eigenvalue weighted by atomic mass is 16.5. The van der Waals surface area contributed by atoms with Gasteiger partial charge >= 0.3 is 0 Å². The molecule has 3 rings (SSSR count). The Hall–Kier alpha value is -3.55. The zero-order chi connectivity index (χ0) is 19.9. The Morgan fingerprint density at radius 2 is 1.71 bits per heavy atom. The van der Waals surface area contributed by atoms with Crippen molar-refractivity contribution in [2.75, 3.05) is 26.6 Å². The van der Waals surface area contributed by atoms with Gasteiger partial charge in [0.2, 0.25) is 17.6 Å². The molecule has 1 heterocycles. The van der Waals surface area contributed by atoms with E-state index in [1.54, 1.807) is 32.4 Å². The van der Waals surface area contributed by atoms with Gasteiger partial charge < -0.3 is 24.1 Å². The number of aryl methyl sites for hydroxylation is 1. The number of anilines is 1. The van der Waals surface area contributed by atoms with E-state index in [1.807, 2.05) is 24.3 Å². The molecule has 3 aromatic rings. The van der Waals surface area contributed by atoms with Crippen LogP contribution in [0.5, 0.6) is 17.2 Å². The van der Waals surface area contributed by atoms with E-state index in [0.29, 0.717) is 35.3 Å². The molecule has 1 aromatic heterocycles. The van der Waals surface area contributed by atoms with E-state index in [9.17, 15) is 4.79 Å². The van der Waals surface area contributed by atoms with Crippen LogP contribution in [-0.4, -0.2) is 37.4 Å². The largest absolute Gasteiger partial charge is 0.497 e. The normalized spacial score (nSPS) is 10.4. The fourth-order valence-corrected chi connectivity index (χ4v) is 2.55. The second-order valence-corrected chi connectivity index (χ2v) is 5.85. The second kappa shape index (κ2) is 8.90. The summed E-state index contributed by atoms with van der Waals surface area (Å²) in [4.78, 5) is 16.6. The minimum atomic E-state index is -0.187. The number of hydrogen-bond acceptors (Lipinski definition) is 7. The first-order valence-electron chi connectivity index (χ1n) is 8.62. The first-order valence-corrected chi connectivity index (χ1v) is 8.62. The summed E-state index contributed by atoms with van der Waals surface area (Å²) in [5.41, 5.74) is 1.38. The van der Waals surface area contributed by atoms with Crippen LogP contribution in [-0.2, 0) is 11.2 Å². The van der Waals surface area contributed by atoms with Crippen molar-refractivity contribution in [3.05, 3.63) is 48.4 Å². The summed E-state index contributed by atoms with van der Waals surface area (Å²) in [5.74, 6) is 2.59. The zero-order valence-electron chi connectivity index (χ0n) is 15.9. The molecule has 0 aliphatic rings. The SMILES string of the molecule is COc1ccc(-c2noc(CCC(=O)Nc3ccc(OC)cc3OC)n2)cc1. The van der Waals surface area contributed by atoms with Crippen molar-refractivity contribution in [2.24, 2.45) is 0 Å². The molecule has 146 valence electrons. The van der Waals surface area contributed by atoms with Crippen LogP contribution in [0.4, 0.5) is 5.69 Å². The van der Waals surface area contributed by atoms with E-state index in [4.69, 9.17) is 18.7 Å². The maximum absolute atomic E-state index is 12.3. The van der Waals surface area contributed by atoms with Gasteiger partial charge in [0.05, 0.1) is 27.0 Å². The number of methoxy groups -OCH3 is 3. The number of nitrogens with one attached hydrogen (secondary N) is 1. The molecule has 8 heteroatoms. The molecule has 28 heavy (non-hydrogen) atoms. The van der Waals surface area contributed by atoms with Gasteiger partial charge in [-0.05, 0) is 36.4 Å². The fraction of sp³-hybridized carbons (Fsp3) is 0.250. The maximum atomic E-state index is 12.3. The molecule has 0 unspecified atom stereocenters. The molecule has 0 saturated carbocycles. The molecule has 0 aliphatic carbocycles. The van der Waals surface area contributed by atoms with Gasteiger partial charge in [0.15, 0.2) is 0 Å². The number of benzene rings is 2. The summed E-state index contributed by atoms with van der Waals surface area (Å²) in [6.07, 6.45) is 0.521. The summed E-state index contributed by atoms with van der Waals surface area (Å²) < 4.78 is 20.8. The number of amides is 1. The minimum absolute atomic E-state index is 0.187. The highest BCUT2D eigenvalue weighted by Gasteiger charge is 2.13. The smallest absolute Gasteiger partial charge is 0.227 e. The highest BCUT2D eigenvalue weighted by molar-refractivity contribution is 5.92. The van der Waals surface area contributed by atoms with Gasteiger partial charge in [0, 0.05) is 24.5 Å². The molecule has 0 bridgehead atoms. The lowest BCUT2D eigenvalue weighted by Gasteiger charge is -2.11. The molecular formula is C20H21N3O5. The Morgan fingerprint density at radius 3 is 2.39 bits per heavy atom. The fourth-order valence-electron chi connectivity index (χ4n) is 2.55. The van der Waals surface area contributed by atoms with Gasteiger partial charge in [-0.25, -0.2) is 0 Å². The van der Waals surface area contributed by atoms with Gasteiger partial charge in [-0.3, -0.25) is 4.79 Å². The first kappa shape index (κ1) is 19.2. The van der Waals surface area contributed by atoms with Crippen LogP contribution in [0.15, 0.2) is 47.0 Å². The van der Waals surface area contributed by atoms with Crippen LogP contribution in [0.2, 0.25) is 0 Å². The number of aromatic nitrogens is 2. The van der Waals surface area contributed by atoms with Gasteiger partial charge in [-0.15, -0.1) is 0 Å². The van der Waals surface area contributed by atoms with E-state index in [1.165, 1.54) is 7.11 Å². The molecular weight excluding hydrogens is 362 g/mol. The minimum Gasteiger partial charge on any atom is -0.497 e. The monoisotopic (exact) mass is 383 g/mol. The number of hydrogen-bond donors (Lipinski definition) is 1. The van der Waals surface area contributed by atoms with Crippen LogP contribution in [0.3, 0.4) is 0 Å². The van der Waals surface area contributed by atoms with E-state index in [0.717, 1.165) is 11.3 Å². The van der Waals surface area contributed by atoms with Gasteiger partial charge in [-0.2, -0.15) is 4.98 Å². The van der Waals surface area contributed by atoms with Crippen LogP contribution in [0, 0.1) is 0 Å². The summed E-state index contributed by atoms with van der Waals surface area (Å²) in [6, 6.07) is 12.5. The number of carbonyl (C=O) groups is 1. The molecule has 8 nitrogen and oxygen atoms in total. The summed E-state index contributed by atoms with van der Waals surface area (Å²) in [6.45, 7) is 0. The Balaban J connectivity index is 1.58. The van der Waals surface area contributed by atoms with Crippen LogP contribution in [0.25, 0.3) is 11.4 Å². The number of carbonyl (C=O) groups excluding carboxylic acids is 1. The molecule has 1 amide bonds. The third-order valence-corrected chi connectivity index (χ3v) is 4.07. The Morgan fingerprint density at radius 1 is 1.00 bits per heavy atom. The second-order valence-electron chi connectivity index (χ2n) is 5.85. The quantitative estimate of drug-likeness (QED) is 0.637. The van der Waals surface area contributed by atoms with E-state index in [-0.39, 0.29) is 12.3 Å². The lowest BCUT2D eigenvalue weighted by atomic mass is 10.2. The van der Waals surface area contributed by atoms with Crippen molar-refractivity contribution in [1.82, 2.24) is 10.1 Å². The average Bonchev–Trinajstić information content (AvgIpc) is 3.21. The van der Waals surface area contributed by atoms with Crippen LogP contribution < -0.4 is 19.5 Å². The van der Waals surface area contributed by atoms with Crippen molar-refractivity contribution >= 4 is 11.6 Å². The lowest BCUT2D eigenvalue weighted by Crippen LogP contribution is -2.13. The van der Waals surface area contributed by atoms with Gasteiger partial charge in [0.25, 0.3) is 0 Å². The van der Waals surface area contributed by atoms with E-state index < -0.39 is 0 Å². The number of rotatable bonds is 8. The van der Waals surface area contributed by atoms with Gasteiger partial charge in [-0.1, -0.05) is 5.16 Å². The van der Waals surface area contributed by atoms with Crippen molar-refractivity contribution in [3.8, 4) is 28.6 Å². The highest BCUT2D eigenvalue weighted by Crippen LogP contribution is 2.29. The standard InChI is InChI=1S/C20H21N3O5/c1-25-14-6-4-13(5-7-14)20-22-19(28-23-20)11-10-18(24)21-16-9-8-15(26-2)12-17(16)27-3/h4-9,12H,10-11H2,1-3H3,(H,21,24). The summed E-state index contributed by atoms with van der Waals surface area (Å²) >= 11 is 0. The Bertz CT molecular complexity index is 937. The number of ether oxygens (including phenoxy) is 3. The summed E-state index contributed by atoms with van der Waals surface area (Å²) in [7, 11) is 4.70. The molecule has 0 atom stereocenters. The summed E-state index contributed by atoms with van der Waals surface area (Å²) in [5, 5.41) is 6.77. The third-order valence-electron chi connectivity index (χ3n) is 4.07. The Labute approximate surface area is 162 Å². The molecule has 0 spiro atoms. The Kier molecular flexibility index (Phi) is 6.11. The molecule has 0 saturated heterocycles. The molecule has 0 radical (unpaired) electrons. The van der Waals surface area contributed by atoms with Crippen molar-refractivity contribution in [1.29, 1.82) is 0 Å². The van der Waals surface area contributed by atoms with E-state index >= 15 is 0 Å². The van der Waals surface area contributed by atoms with Crippen molar-refractivity contribution in [2.45, 2.75) is 12.8 Å². The van der Waals surface area contributed by atoms with Crippen LogP contribution in [0.1, 0.15) is 12.3 Å². The van der Waals surface area contributed by atoms with Gasteiger partial charge in [0.1, 0.15) is 17.2 Å². The molecule has 0 fully saturated rings. The van der Waals surface area contributed by atoms with Crippen LogP contribution >= 0.6 is 0 Å². The predicted octanol–water partition coefficient (Wildman–Crippen LogP) is 3.33. The van der Waals surface area contributed by atoms with Crippen molar-refractivity contribution in [3.63, 3.8) is 0 Å². The topological polar surface area (TPSA) is 95.7 Å². The first-order chi connectivity index (χ1) is 13.6. The van der Waals surface area contributed by atoms with E-state index in [2.05, 4.69) is 15.5 Å². The predicted molar refractivity (Wildman–Crippen MR) is 103 cm³/mol. The molecule has 1 N–H and O–H groups in total. The number of nitrogens with zero attached hydrogens (tertiary/aromatic N) is 2. The molecule has 0 aliphatic heterocycles.